The molecular weight excluding hydrogens is 218 g/mol. The van der Waals surface area contributed by atoms with E-state index in [0.29, 0.717) is 6.42 Å². The summed E-state index contributed by atoms with van der Waals surface area (Å²) in [4.78, 5) is 10.9. The lowest BCUT2D eigenvalue weighted by Crippen LogP contribution is -2.38. The Morgan fingerprint density at radius 1 is 1.60 bits per heavy atom. The molecule has 0 saturated carbocycles. The summed E-state index contributed by atoms with van der Waals surface area (Å²) in [5, 5.41) is 3.12. The van der Waals surface area contributed by atoms with Crippen molar-refractivity contribution in [3.05, 3.63) is 0 Å². The zero-order chi connectivity index (χ0) is 11.5. The van der Waals surface area contributed by atoms with Gasteiger partial charge in [-0.05, 0) is 13.3 Å². The van der Waals surface area contributed by atoms with Crippen molar-refractivity contribution in [2.45, 2.75) is 31.8 Å². The van der Waals surface area contributed by atoms with Gasteiger partial charge in [0.2, 0.25) is 0 Å². The zero-order valence-electron chi connectivity index (χ0n) is 9.02. The molecule has 2 unspecified atom stereocenters. The average molecular weight is 235 g/mol. The number of carbonyl (C=O) groups is 1. The van der Waals surface area contributed by atoms with Gasteiger partial charge in [-0.2, -0.15) is 0 Å². The summed E-state index contributed by atoms with van der Waals surface area (Å²) < 4.78 is 26.9. The summed E-state index contributed by atoms with van der Waals surface area (Å²) in [6, 6.07) is -0.0644. The Balaban J connectivity index is 2.33. The molecule has 0 aromatic heterocycles. The van der Waals surface area contributed by atoms with Crippen LogP contribution in [0, 0.1) is 0 Å². The molecule has 0 aromatic carbocycles. The Morgan fingerprint density at radius 3 is 2.73 bits per heavy atom. The van der Waals surface area contributed by atoms with Crippen molar-refractivity contribution in [2.75, 3.05) is 18.6 Å². The molecule has 1 saturated heterocycles. The van der Waals surface area contributed by atoms with E-state index >= 15 is 0 Å². The standard InChI is InChI=1S/C9H17NO4S/c1-7(5-9(11)14-2)10-8-3-4-15(12,13)6-8/h7-8,10H,3-6H2,1-2H3. The molecule has 88 valence electrons. The Hall–Kier alpha value is -0.620. The van der Waals surface area contributed by atoms with Crippen molar-refractivity contribution in [1.29, 1.82) is 0 Å². The van der Waals surface area contributed by atoms with Crippen molar-refractivity contribution in [1.82, 2.24) is 5.32 Å². The average Bonchev–Trinajstić information content (AvgIpc) is 2.44. The van der Waals surface area contributed by atoms with Crippen LogP contribution >= 0.6 is 0 Å². The van der Waals surface area contributed by atoms with E-state index in [-0.39, 0.29) is 36.0 Å². The minimum absolute atomic E-state index is 0.0188. The summed E-state index contributed by atoms with van der Waals surface area (Å²) in [5.74, 6) is 0.143. The molecule has 0 spiro atoms. The van der Waals surface area contributed by atoms with Gasteiger partial charge in [-0.3, -0.25) is 4.79 Å². The highest BCUT2D eigenvalue weighted by atomic mass is 32.2. The number of esters is 1. The van der Waals surface area contributed by atoms with Crippen molar-refractivity contribution in [3.63, 3.8) is 0 Å². The Morgan fingerprint density at radius 2 is 2.27 bits per heavy atom. The first-order valence-electron chi connectivity index (χ1n) is 4.96. The van der Waals surface area contributed by atoms with Gasteiger partial charge in [-0.25, -0.2) is 8.42 Å². The highest BCUT2D eigenvalue weighted by Gasteiger charge is 2.28. The predicted octanol–water partition coefficient (Wildman–Crippen LogP) is -0.285. The second-order valence-electron chi connectivity index (χ2n) is 3.95. The van der Waals surface area contributed by atoms with Gasteiger partial charge >= 0.3 is 5.97 Å². The quantitative estimate of drug-likeness (QED) is 0.678. The minimum Gasteiger partial charge on any atom is -0.469 e. The number of carbonyl (C=O) groups excluding carboxylic acids is 1. The number of ether oxygens (including phenoxy) is 1. The lowest BCUT2D eigenvalue weighted by molar-refractivity contribution is -0.141. The minimum atomic E-state index is -2.85. The number of hydrogen-bond acceptors (Lipinski definition) is 5. The second-order valence-corrected chi connectivity index (χ2v) is 6.18. The molecule has 1 N–H and O–H groups in total. The summed E-state index contributed by atoms with van der Waals surface area (Å²) in [7, 11) is -1.51. The molecule has 6 heteroatoms. The summed E-state index contributed by atoms with van der Waals surface area (Å²) in [6.45, 7) is 1.85. The molecule has 0 radical (unpaired) electrons. The van der Waals surface area contributed by atoms with Crippen molar-refractivity contribution >= 4 is 15.8 Å². The highest BCUT2D eigenvalue weighted by Crippen LogP contribution is 2.12. The first kappa shape index (κ1) is 12.4. The molecule has 1 aliphatic heterocycles. The molecule has 1 fully saturated rings. The summed E-state index contributed by atoms with van der Waals surface area (Å²) in [6.07, 6.45) is 0.904. The topological polar surface area (TPSA) is 72.5 Å². The van der Waals surface area contributed by atoms with E-state index in [0.717, 1.165) is 0 Å². The smallest absolute Gasteiger partial charge is 0.307 e. The largest absolute Gasteiger partial charge is 0.469 e. The SMILES string of the molecule is COC(=O)CC(C)NC1CCS(=O)(=O)C1. The zero-order valence-corrected chi connectivity index (χ0v) is 9.84. The van der Waals surface area contributed by atoms with Crippen molar-refractivity contribution in [2.24, 2.45) is 0 Å². The van der Waals surface area contributed by atoms with Crippen LogP contribution in [0.4, 0.5) is 0 Å². The molecule has 0 aromatic rings. The summed E-state index contributed by atoms with van der Waals surface area (Å²) >= 11 is 0. The number of methoxy groups -OCH3 is 1. The fourth-order valence-electron chi connectivity index (χ4n) is 1.72. The Kier molecular flexibility index (Phi) is 4.10. The molecular formula is C9H17NO4S. The van der Waals surface area contributed by atoms with Crippen molar-refractivity contribution in [3.8, 4) is 0 Å². The van der Waals surface area contributed by atoms with E-state index in [1.807, 2.05) is 6.92 Å². The van der Waals surface area contributed by atoms with Crippen LogP contribution in [0.1, 0.15) is 19.8 Å². The van der Waals surface area contributed by atoms with Gasteiger partial charge in [-0.1, -0.05) is 0 Å². The van der Waals surface area contributed by atoms with E-state index in [1.54, 1.807) is 0 Å². The lowest BCUT2D eigenvalue weighted by Gasteiger charge is -2.16. The van der Waals surface area contributed by atoms with E-state index in [4.69, 9.17) is 0 Å². The van der Waals surface area contributed by atoms with E-state index in [1.165, 1.54) is 7.11 Å². The number of hydrogen-bond donors (Lipinski definition) is 1. The molecule has 2 atom stereocenters. The third-order valence-corrected chi connectivity index (χ3v) is 4.22. The van der Waals surface area contributed by atoms with Crippen LogP contribution in [0.15, 0.2) is 0 Å². The van der Waals surface area contributed by atoms with Crippen LogP contribution in [0.3, 0.4) is 0 Å². The molecule has 5 nitrogen and oxygen atoms in total. The van der Waals surface area contributed by atoms with Gasteiger partial charge in [0, 0.05) is 12.1 Å². The molecule has 1 rings (SSSR count). The van der Waals surface area contributed by atoms with E-state index < -0.39 is 9.84 Å². The maximum atomic E-state index is 11.2. The third-order valence-electron chi connectivity index (χ3n) is 2.45. The van der Waals surface area contributed by atoms with Gasteiger partial charge in [-0.15, -0.1) is 0 Å². The molecule has 0 amide bonds. The third kappa shape index (κ3) is 4.17. The van der Waals surface area contributed by atoms with Crippen LogP contribution in [0.5, 0.6) is 0 Å². The highest BCUT2D eigenvalue weighted by molar-refractivity contribution is 7.91. The normalized spacial score (nSPS) is 26.1. The van der Waals surface area contributed by atoms with E-state index in [2.05, 4.69) is 10.1 Å². The molecule has 0 bridgehead atoms. The van der Waals surface area contributed by atoms with Crippen LogP contribution in [0.25, 0.3) is 0 Å². The maximum absolute atomic E-state index is 11.2. The fourth-order valence-corrected chi connectivity index (χ4v) is 3.41. The first-order valence-corrected chi connectivity index (χ1v) is 6.78. The monoisotopic (exact) mass is 235 g/mol. The number of rotatable bonds is 4. The Labute approximate surface area is 90.1 Å². The van der Waals surface area contributed by atoms with Gasteiger partial charge < -0.3 is 10.1 Å². The van der Waals surface area contributed by atoms with E-state index in [9.17, 15) is 13.2 Å². The number of sulfone groups is 1. The van der Waals surface area contributed by atoms with Gasteiger partial charge in [0.25, 0.3) is 0 Å². The molecule has 1 aliphatic rings. The molecule has 1 heterocycles. The second kappa shape index (κ2) is 4.94. The van der Waals surface area contributed by atoms with Gasteiger partial charge in [0.15, 0.2) is 9.84 Å². The van der Waals surface area contributed by atoms with Crippen LogP contribution in [0.2, 0.25) is 0 Å². The predicted molar refractivity (Wildman–Crippen MR) is 56.3 cm³/mol. The first-order chi connectivity index (χ1) is 6.93. The van der Waals surface area contributed by atoms with Crippen LogP contribution < -0.4 is 5.32 Å². The Bertz CT molecular complexity index is 325. The summed E-state index contributed by atoms with van der Waals surface area (Å²) in [5.41, 5.74) is 0. The number of nitrogens with one attached hydrogen (secondary N) is 1. The molecule has 15 heavy (non-hydrogen) atoms. The lowest BCUT2D eigenvalue weighted by atomic mass is 10.2. The van der Waals surface area contributed by atoms with Crippen molar-refractivity contribution < 1.29 is 17.9 Å². The van der Waals surface area contributed by atoms with Crippen LogP contribution in [-0.4, -0.2) is 45.1 Å². The maximum Gasteiger partial charge on any atom is 0.307 e. The van der Waals surface area contributed by atoms with Gasteiger partial charge in [0.1, 0.15) is 0 Å². The van der Waals surface area contributed by atoms with Crippen LogP contribution in [-0.2, 0) is 19.4 Å². The fraction of sp³-hybridized carbons (Fsp3) is 0.889. The molecule has 0 aliphatic carbocycles. The van der Waals surface area contributed by atoms with Gasteiger partial charge in [0.05, 0.1) is 25.0 Å².